The Bertz CT molecular complexity index is 4310. The fraction of sp³-hybridized carbons (Fsp3) is 0.481. The predicted octanol–water partition coefficient (Wildman–Crippen LogP) is 13.0. The van der Waals surface area contributed by atoms with Crippen LogP contribution in [0, 0.1) is 12.3 Å². The van der Waals surface area contributed by atoms with Crippen LogP contribution < -0.4 is 19.5 Å². The first-order valence-corrected chi connectivity index (χ1v) is 49.8. The largest absolute Gasteiger partial charge is 0.294 e. The third-order valence-electron chi connectivity index (χ3n) is 19.7. The molecule has 0 fully saturated rings. The number of carbonyl (C=O) groups excluding carboxylic acids is 2. The van der Waals surface area contributed by atoms with Gasteiger partial charge in [-0.1, -0.05) is 64.1 Å². The summed E-state index contributed by atoms with van der Waals surface area (Å²) in [7, 11) is -8.20. The van der Waals surface area contributed by atoms with Gasteiger partial charge in [0.05, 0.1) is 84.8 Å². The van der Waals surface area contributed by atoms with Crippen molar-refractivity contribution >= 4 is 82.2 Å². The summed E-state index contributed by atoms with van der Waals surface area (Å²) in [6.07, 6.45) is 13.2. The van der Waals surface area contributed by atoms with Crippen molar-refractivity contribution in [3.05, 3.63) is 196 Å². The zero-order chi connectivity index (χ0) is 74.9. The van der Waals surface area contributed by atoms with Crippen LogP contribution in [0.1, 0.15) is 146 Å². The number of Topliss-reactive ketones (excluding diaryl/α,β-unsaturated/α-hetero) is 1. The Balaban J connectivity index is 0.763. The second-order valence-corrected chi connectivity index (χ2v) is 48.0. The number of unbranched alkanes of at least 4 members (excludes halogenated alkanes) is 2. The summed E-state index contributed by atoms with van der Waals surface area (Å²) in [5, 5.41) is 8.08. The molecule has 5 N–H and O–H groups in total. The number of hydrogen-bond donors (Lipinski definition) is 4. The van der Waals surface area contributed by atoms with E-state index >= 15 is 0 Å². The fourth-order valence-corrected chi connectivity index (χ4v) is 18.9. The maximum Gasteiger partial charge on any atom is 0.167 e. The van der Waals surface area contributed by atoms with Crippen LogP contribution in [-0.2, 0) is 74.3 Å². The molecule has 104 heavy (non-hydrogen) atoms. The Morgan fingerprint density at radius 1 is 0.683 bits per heavy atom. The minimum Gasteiger partial charge on any atom is -0.294 e. The summed E-state index contributed by atoms with van der Waals surface area (Å²) in [6.45, 7) is 23.5. The summed E-state index contributed by atoms with van der Waals surface area (Å²) >= 11 is -2.38. The van der Waals surface area contributed by atoms with Crippen molar-refractivity contribution < 1.29 is 63.8 Å². The summed E-state index contributed by atoms with van der Waals surface area (Å²) in [5.74, 6) is -1.02. The molecule has 23 heteroatoms. The van der Waals surface area contributed by atoms with Crippen LogP contribution in [0.3, 0.4) is 0 Å². The standard InChI is InChI=1S/C78H100N7O13S2.3CH3.Sn/c1-58-74-70(54-76(2,3)55-71(74)86)85(81-58)63-33-34-64(75(79)87)67(53-63)80-37-19-41-94-43-45-96-47-49-98-50-48-97-46-44-95-42-20-38-82(56-59-21-9-8-10-22-59)57-60-27-29-61(30-28-60)62(31-35-72-77(4,5)65-23-11-13-25-68(65)83(72)39-15-17-51-99(88,89)90)32-36-73-78(6,7)66-24-12-14-26-69(66)84(73)40-16-18-52-100(91,92)93;;;;/h8-9,11-14,21-36,53H,15-20,37-52,54-57H2,1-7H3,(H4-,79,80,87,88,89,90,91,92,93);3*1H3;/p+1. The minimum atomic E-state index is -4.10. The van der Waals surface area contributed by atoms with Crippen LogP contribution in [0.4, 0.5) is 17.1 Å². The Kier molecular flexibility index (Phi) is 28.8. The van der Waals surface area contributed by atoms with E-state index < -0.39 is 55.4 Å². The summed E-state index contributed by atoms with van der Waals surface area (Å²) in [5.41, 5.74) is 19.9. The molecular formula is C81H110N7O13S2Sn+. The number of nitrogens with zero attached hydrogens (tertiary/aromatic N) is 5. The van der Waals surface area contributed by atoms with E-state index in [1.54, 1.807) is 6.07 Å². The van der Waals surface area contributed by atoms with E-state index in [1.807, 2.05) is 35.9 Å². The quantitative estimate of drug-likeness (QED) is 0.00913. The molecule has 0 radical (unpaired) electrons. The average Bonchev–Trinajstić information content (AvgIpc) is 1.61. The predicted molar refractivity (Wildman–Crippen MR) is 418 cm³/mol. The molecule has 20 nitrogen and oxygen atoms in total. The topological polar surface area (TPSA) is 254 Å². The van der Waals surface area contributed by atoms with Gasteiger partial charge >= 0.3 is 180 Å². The number of nitrogens with one attached hydrogen (secondary N) is 1. The molecule has 0 atom stereocenters. The molecular weight excluding hydrogens is 1460 g/mol. The molecule has 2 aliphatic heterocycles. The smallest absolute Gasteiger partial charge is 0.167 e. The van der Waals surface area contributed by atoms with Crippen molar-refractivity contribution in [2.24, 2.45) is 11.1 Å². The normalized spacial score (nSPS) is 16.1. The van der Waals surface area contributed by atoms with Crippen LogP contribution in [0.25, 0.3) is 11.3 Å². The van der Waals surface area contributed by atoms with E-state index in [1.165, 1.54) is 25.8 Å². The molecule has 0 saturated heterocycles. The summed E-state index contributed by atoms with van der Waals surface area (Å²) in [4.78, 5) is 37.5. The number of primary amides is 1. The van der Waals surface area contributed by atoms with Crippen LogP contribution in [0.5, 0.6) is 0 Å². The fourth-order valence-electron chi connectivity index (χ4n) is 14.3. The van der Waals surface area contributed by atoms with Crippen LogP contribution in [-0.4, -0.2) is 185 Å². The van der Waals surface area contributed by atoms with E-state index in [0.29, 0.717) is 153 Å². The molecule has 0 unspecified atom stereocenters. The van der Waals surface area contributed by atoms with Gasteiger partial charge in [-0.05, 0) is 94.2 Å². The van der Waals surface area contributed by atoms with Gasteiger partial charge in [0.2, 0.25) is 5.69 Å². The van der Waals surface area contributed by atoms with E-state index in [4.69, 9.17) is 34.5 Å². The SMILES string of the molecule is Cc1nn(-c2ccc(C(N)=O)c(NCCCOCCOCCOCCOCCOCCCN(Cc3ccc(C(/C=C/C4=[N+](CCCCS(=O)(=O)O)c5ccccc5C4(C)C)=C/C=C4/N(CCCCS(=O)(=O)O)c5ccccc5C4(C)C)cc3)Cc3ccc[c]([Sn]([CH3])([CH3])[CH3])c3)c2)c2c1C(=O)CC(C)(C)C2. The Labute approximate surface area is 621 Å². The van der Waals surface area contributed by atoms with Gasteiger partial charge in [0.1, 0.15) is 6.54 Å². The van der Waals surface area contributed by atoms with Gasteiger partial charge in [-0.25, -0.2) is 4.68 Å². The number of fused-ring (bicyclic) bond motifs is 3. The first-order valence-electron chi connectivity index (χ1n) is 36.6. The van der Waals surface area contributed by atoms with E-state index in [2.05, 4.69) is 185 Å². The van der Waals surface area contributed by atoms with Gasteiger partial charge in [0.15, 0.2) is 11.5 Å². The number of hydrogen-bond acceptors (Lipinski definition) is 15. The third kappa shape index (κ3) is 22.7. The third-order valence-corrected chi connectivity index (χ3v) is 27.1. The van der Waals surface area contributed by atoms with Crippen molar-refractivity contribution in [2.45, 2.75) is 139 Å². The zero-order valence-corrected chi connectivity index (χ0v) is 67.2. The molecule has 3 aliphatic rings. The number of ether oxygens (including phenoxy) is 5. The van der Waals surface area contributed by atoms with Gasteiger partial charge in [-0.3, -0.25) is 18.7 Å². The van der Waals surface area contributed by atoms with Gasteiger partial charge in [0.25, 0.3) is 26.1 Å². The monoisotopic (exact) mass is 1570 g/mol. The van der Waals surface area contributed by atoms with Crippen molar-refractivity contribution in [1.29, 1.82) is 0 Å². The van der Waals surface area contributed by atoms with Crippen LogP contribution in [0.2, 0.25) is 14.8 Å². The Morgan fingerprint density at radius 3 is 1.93 bits per heavy atom. The minimum absolute atomic E-state index is 0.107. The maximum absolute atomic E-state index is 13.0. The van der Waals surface area contributed by atoms with E-state index in [0.717, 1.165) is 71.4 Å². The molecule has 1 amide bonds. The number of ketones is 1. The van der Waals surface area contributed by atoms with Crippen molar-refractivity contribution in [2.75, 3.05) is 114 Å². The number of aromatic nitrogens is 2. The summed E-state index contributed by atoms with van der Waals surface area (Å²) < 4.78 is 101. The van der Waals surface area contributed by atoms with Crippen molar-refractivity contribution in [3.8, 4) is 5.69 Å². The molecule has 1 aliphatic carbocycles. The molecule has 6 aromatic rings. The molecule has 3 heterocycles. The van der Waals surface area contributed by atoms with Gasteiger partial charge < -0.3 is 30.2 Å². The molecule has 1 aromatic heterocycles. The van der Waals surface area contributed by atoms with Crippen molar-refractivity contribution in [1.82, 2.24) is 14.7 Å². The molecule has 0 spiro atoms. The Morgan fingerprint density at radius 2 is 1.29 bits per heavy atom. The number of anilines is 2. The van der Waals surface area contributed by atoms with Gasteiger partial charge in [0, 0.05) is 72.7 Å². The molecule has 9 rings (SSSR count). The number of nitrogens with two attached hydrogens (primary N) is 1. The molecule has 5 aromatic carbocycles. The number of para-hydroxylation sites is 2. The van der Waals surface area contributed by atoms with Gasteiger partial charge in [-0.2, -0.15) is 26.5 Å². The zero-order valence-electron chi connectivity index (χ0n) is 62.7. The van der Waals surface area contributed by atoms with E-state index in [-0.39, 0.29) is 22.7 Å². The second kappa shape index (κ2) is 36.7. The summed E-state index contributed by atoms with van der Waals surface area (Å²) in [6, 6.07) is 40.0. The number of benzene rings is 5. The van der Waals surface area contributed by atoms with Crippen LogP contribution in [0.15, 0.2) is 145 Å². The number of rotatable bonds is 42. The number of aryl methyl sites for hydroxylation is 1. The average molecular weight is 1570 g/mol. The van der Waals surface area contributed by atoms with Gasteiger partial charge in [-0.15, -0.1) is 0 Å². The molecule has 0 saturated carbocycles. The Hall–Kier alpha value is -6.68. The number of amides is 1. The van der Waals surface area contributed by atoms with Crippen molar-refractivity contribution in [3.63, 3.8) is 0 Å². The second-order valence-electron chi connectivity index (χ2n) is 30.4. The van der Waals surface area contributed by atoms with Crippen LogP contribution >= 0.6 is 0 Å². The number of carbonyl (C=O) groups is 2. The number of allylic oxidation sites excluding steroid dienone is 6. The maximum atomic E-state index is 13.0. The first kappa shape index (κ1) is 81.4. The van der Waals surface area contributed by atoms with E-state index in [9.17, 15) is 35.5 Å². The first-order chi connectivity index (χ1) is 49.4. The molecule has 0 bridgehead atoms. The molecule has 562 valence electrons.